The summed E-state index contributed by atoms with van der Waals surface area (Å²) >= 11 is 0. The van der Waals surface area contributed by atoms with Gasteiger partial charge in [0.2, 0.25) is 11.6 Å². The summed E-state index contributed by atoms with van der Waals surface area (Å²) in [4.78, 5) is 27.3. The molecule has 0 aliphatic rings. The predicted octanol–water partition coefficient (Wildman–Crippen LogP) is -0.268. The number of ether oxygens (including phenoxy) is 1. The standard InChI is InChI=1S/C13H22N5O7P/c1-3-24-26(21,25-4-2)8-22-9(5-19)6-23-18-7-15-10-11(18)16-13(14)17-12(10)20/h7,9,19H,3-6,8H2,1-2H3,(H3,14,16,17,20). The first kappa shape index (κ1) is 20.3. The lowest BCUT2D eigenvalue weighted by Crippen LogP contribution is -2.30. The molecule has 2 rings (SSSR count). The van der Waals surface area contributed by atoms with E-state index in [0.717, 1.165) is 4.73 Å². The average molecular weight is 391 g/mol. The fraction of sp³-hybridized carbons (Fsp3) is 0.615. The first-order valence-corrected chi connectivity index (χ1v) is 9.62. The molecule has 0 saturated carbocycles. The van der Waals surface area contributed by atoms with Crippen LogP contribution in [-0.4, -0.2) is 63.7 Å². The number of rotatable bonds is 11. The highest BCUT2D eigenvalue weighted by Gasteiger charge is 2.26. The molecule has 0 aliphatic heterocycles. The van der Waals surface area contributed by atoms with E-state index in [9.17, 15) is 14.5 Å². The largest absolute Gasteiger partial charge is 0.408 e. The van der Waals surface area contributed by atoms with E-state index < -0.39 is 25.9 Å². The normalized spacial score (nSPS) is 13.2. The van der Waals surface area contributed by atoms with Gasteiger partial charge in [-0.3, -0.25) is 14.3 Å². The van der Waals surface area contributed by atoms with Crippen molar-refractivity contribution >= 4 is 24.7 Å². The van der Waals surface area contributed by atoms with Gasteiger partial charge < -0.3 is 29.5 Å². The van der Waals surface area contributed by atoms with Crippen molar-refractivity contribution in [2.45, 2.75) is 20.0 Å². The Morgan fingerprint density at radius 2 is 2.08 bits per heavy atom. The molecule has 0 fully saturated rings. The zero-order chi connectivity index (χ0) is 19.2. The second kappa shape index (κ2) is 9.10. The number of H-pyrrole nitrogens is 1. The molecule has 0 spiro atoms. The highest BCUT2D eigenvalue weighted by molar-refractivity contribution is 7.53. The molecule has 4 N–H and O–H groups in total. The van der Waals surface area contributed by atoms with E-state index in [1.807, 2.05) is 0 Å². The van der Waals surface area contributed by atoms with Crippen LogP contribution in [0.25, 0.3) is 11.2 Å². The first-order chi connectivity index (χ1) is 12.4. The summed E-state index contributed by atoms with van der Waals surface area (Å²) in [5.41, 5.74) is 5.18. The molecule has 0 saturated heterocycles. The van der Waals surface area contributed by atoms with Crippen molar-refractivity contribution in [3.05, 3.63) is 16.7 Å². The fourth-order valence-electron chi connectivity index (χ4n) is 2.02. The van der Waals surface area contributed by atoms with E-state index in [4.69, 9.17) is 24.4 Å². The van der Waals surface area contributed by atoms with Crippen molar-refractivity contribution in [3.63, 3.8) is 0 Å². The van der Waals surface area contributed by atoms with Gasteiger partial charge >= 0.3 is 7.60 Å². The van der Waals surface area contributed by atoms with Crippen LogP contribution in [0, 0.1) is 0 Å². The minimum atomic E-state index is -3.40. The number of hydrogen-bond acceptors (Lipinski definition) is 10. The number of fused-ring (bicyclic) bond motifs is 1. The number of nitrogens with one attached hydrogen (secondary N) is 1. The maximum Gasteiger partial charge on any atom is 0.356 e. The number of nitrogens with two attached hydrogens (primary N) is 1. The Morgan fingerprint density at radius 1 is 1.38 bits per heavy atom. The molecule has 2 aromatic rings. The van der Waals surface area contributed by atoms with Gasteiger partial charge in [0.15, 0.2) is 5.52 Å². The second-order valence-corrected chi connectivity index (χ2v) is 7.03. The van der Waals surface area contributed by atoms with Crippen molar-refractivity contribution in [2.75, 3.05) is 38.5 Å². The summed E-state index contributed by atoms with van der Waals surface area (Å²) in [5.74, 6) is -0.0859. The molecule has 12 nitrogen and oxygen atoms in total. The summed E-state index contributed by atoms with van der Waals surface area (Å²) < 4.78 is 29.1. The van der Waals surface area contributed by atoms with Crippen LogP contribution in [0.1, 0.15) is 13.8 Å². The van der Waals surface area contributed by atoms with Crippen molar-refractivity contribution in [1.82, 2.24) is 19.7 Å². The molecule has 1 atom stereocenters. The molecule has 13 heteroatoms. The smallest absolute Gasteiger partial charge is 0.356 e. The van der Waals surface area contributed by atoms with E-state index in [-0.39, 0.29) is 43.3 Å². The molecule has 0 bridgehead atoms. The molecule has 0 aromatic carbocycles. The number of aliphatic hydroxyl groups excluding tert-OH is 1. The van der Waals surface area contributed by atoms with E-state index in [0.29, 0.717) is 0 Å². The van der Waals surface area contributed by atoms with Gasteiger partial charge in [0, 0.05) is 0 Å². The van der Waals surface area contributed by atoms with E-state index in [2.05, 4.69) is 15.0 Å². The molecule has 146 valence electrons. The third kappa shape index (κ3) is 5.02. The number of imidazole rings is 1. The lowest BCUT2D eigenvalue weighted by Gasteiger charge is -2.21. The molecule has 0 radical (unpaired) electrons. The van der Waals surface area contributed by atoms with Crippen LogP contribution in [0.15, 0.2) is 11.1 Å². The van der Waals surface area contributed by atoms with Crippen molar-refractivity contribution in [3.8, 4) is 0 Å². The van der Waals surface area contributed by atoms with Crippen LogP contribution in [0.2, 0.25) is 0 Å². The number of aromatic nitrogens is 4. The van der Waals surface area contributed by atoms with Crippen molar-refractivity contribution in [1.29, 1.82) is 0 Å². The lowest BCUT2D eigenvalue weighted by molar-refractivity contribution is -0.0345. The molecule has 2 heterocycles. The van der Waals surface area contributed by atoms with Crippen molar-refractivity contribution in [2.24, 2.45) is 0 Å². The van der Waals surface area contributed by atoms with E-state index in [1.54, 1.807) is 13.8 Å². The zero-order valence-electron chi connectivity index (χ0n) is 14.5. The molecule has 0 aliphatic carbocycles. The summed E-state index contributed by atoms with van der Waals surface area (Å²) in [6.45, 7) is 3.23. The van der Waals surface area contributed by atoms with Crippen LogP contribution < -0.4 is 16.1 Å². The Balaban J connectivity index is 2.01. The molecule has 2 aromatic heterocycles. The Labute approximate surface area is 148 Å². The van der Waals surface area contributed by atoms with Gasteiger partial charge in [-0.15, -0.1) is 0 Å². The number of nitrogens with zero attached hydrogens (tertiary/aromatic N) is 3. The van der Waals surface area contributed by atoms with E-state index in [1.165, 1.54) is 6.33 Å². The lowest BCUT2D eigenvalue weighted by atomic mass is 10.4. The number of aromatic amines is 1. The average Bonchev–Trinajstić information content (AvgIpc) is 2.99. The number of anilines is 1. The second-order valence-electron chi connectivity index (χ2n) is 5.04. The Morgan fingerprint density at radius 3 is 2.69 bits per heavy atom. The van der Waals surface area contributed by atoms with Crippen molar-refractivity contribution < 1.29 is 28.3 Å². The summed E-state index contributed by atoms with van der Waals surface area (Å²) in [5, 5.41) is 9.42. The molecular weight excluding hydrogens is 369 g/mol. The van der Waals surface area contributed by atoms with Crippen LogP contribution in [0.5, 0.6) is 0 Å². The minimum absolute atomic E-state index is 0.0536. The molecular formula is C13H22N5O7P. The van der Waals surface area contributed by atoms with Gasteiger partial charge in [-0.1, -0.05) is 0 Å². The third-order valence-corrected chi connectivity index (χ3v) is 4.89. The van der Waals surface area contributed by atoms with Gasteiger partial charge in [-0.05, 0) is 13.8 Å². The highest BCUT2D eigenvalue weighted by Crippen LogP contribution is 2.48. The third-order valence-electron chi connectivity index (χ3n) is 3.12. The summed E-state index contributed by atoms with van der Waals surface area (Å²) in [6.07, 6.45) is 0.0891. The van der Waals surface area contributed by atoms with Crippen LogP contribution in [-0.2, 0) is 18.3 Å². The maximum atomic E-state index is 12.3. The summed E-state index contributed by atoms with van der Waals surface area (Å²) in [6, 6.07) is 0. The van der Waals surface area contributed by atoms with Gasteiger partial charge in [0.05, 0.1) is 19.8 Å². The van der Waals surface area contributed by atoms with Crippen LogP contribution >= 0.6 is 7.60 Å². The fourth-order valence-corrected chi connectivity index (χ4v) is 3.42. The number of aliphatic hydroxyl groups is 1. The topological polar surface area (TPSA) is 164 Å². The SMILES string of the molecule is CCOP(=O)(COC(CO)COn1cnc2c(=O)[nH]c(N)nc21)OCC. The Bertz CT molecular complexity index is 813. The zero-order valence-corrected chi connectivity index (χ0v) is 15.3. The van der Waals surface area contributed by atoms with Crippen LogP contribution in [0.4, 0.5) is 5.95 Å². The van der Waals surface area contributed by atoms with Gasteiger partial charge in [0.1, 0.15) is 25.4 Å². The highest BCUT2D eigenvalue weighted by atomic mass is 31.2. The Kier molecular flexibility index (Phi) is 7.12. The minimum Gasteiger partial charge on any atom is -0.408 e. The molecule has 0 amide bonds. The number of hydrogen-bond donors (Lipinski definition) is 3. The Hall–Kier alpha value is -1.98. The monoisotopic (exact) mass is 391 g/mol. The quantitative estimate of drug-likeness (QED) is 0.434. The summed E-state index contributed by atoms with van der Waals surface area (Å²) in [7, 11) is -3.40. The predicted molar refractivity (Wildman–Crippen MR) is 91.7 cm³/mol. The van der Waals surface area contributed by atoms with Crippen LogP contribution in [0.3, 0.4) is 0 Å². The van der Waals surface area contributed by atoms with Gasteiger partial charge in [-0.2, -0.15) is 9.71 Å². The molecule has 1 unspecified atom stereocenters. The van der Waals surface area contributed by atoms with Gasteiger partial charge in [-0.25, -0.2) is 4.98 Å². The number of nitrogen functional groups attached to an aromatic ring is 1. The first-order valence-electron chi connectivity index (χ1n) is 7.89. The molecule has 26 heavy (non-hydrogen) atoms. The maximum absolute atomic E-state index is 12.3. The van der Waals surface area contributed by atoms with Gasteiger partial charge in [0.25, 0.3) is 5.56 Å². The van der Waals surface area contributed by atoms with E-state index >= 15 is 0 Å².